The van der Waals surface area contributed by atoms with Crippen molar-refractivity contribution >= 4 is 28.5 Å². The van der Waals surface area contributed by atoms with Crippen molar-refractivity contribution in [2.24, 2.45) is 0 Å². The van der Waals surface area contributed by atoms with E-state index >= 15 is 0 Å². The average Bonchev–Trinajstić information content (AvgIpc) is 3.15. The fraction of sp³-hybridized carbons (Fsp3) is 0.125. The Morgan fingerprint density at radius 2 is 2.13 bits per heavy atom. The number of carbonyl (C=O) groups is 1. The van der Waals surface area contributed by atoms with Crippen LogP contribution in [0.2, 0.25) is 0 Å². The Balaban J connectivity index is 1.58. The van der Waals surface area contributed by atoms with Gasteiger partial charge in [0.2, 0.25) is 11.0 Å². The number of nitrogens with zero attached hydrogens (tertiary/aromatic N) is 4. The van der Waals surface area contributed by atoms with Crippen LogP contribution in [0.3, 0.4) is 0 Å². The topological polar surface area (TPSA) is 72.7 Å². The number of nitrogens with one attached hydrogen (secondary N) is 1. The molecule has 0 bridgehead atoms. The number of aryl methyl sites for hydroxylation is 1. The van der Waals surface area contributed by atoms with Gasteiger partial charge in [-0.2, -0.15) is 5.10 Å². The van der Waals surface area contributed by atoms with E-state index in [4.69, 9.17) is 0 Å². The number of carbonyl (C=O) groups excluding carboxylic acids is 1. The first-order chi connectivity index (χ1) is 11.2. The van der Waals surface area contributed by atoms with Crippen molar-refractivity contribution in [1.82, 2.24) is 20.0 Å². The highest BCUT2D eigenvalue weighted by molar-refractivity contribution is 7.15. The summed E-state index contributed by atoms with van der Waals surface area (Å²) in [6.45, 7) is 2.54. The van der Waals surface area contributed by atoms with Crippen LogP contribution in [0.4, 0.5) is 5.13 Å². The molecular formula is C16H15N5OS. The van der Waals surface area contributed by atoms with Gasteiger partial charge in [-0.25, -0.2) is 0 Å². The summed E-state index contributed by atoms with van der Waals surface area (Å²) in [4.78, 5) is 11.8. The quantitative estimate of drug-likeness (QED) is 0.732. The number of hydrogen-bond acceptors (Lipinski definition) is 5. The van der Waals surface area contributed by atoms with Crippen LogP contribution in [0.5, 0.6) is 0 Å². The van der Waals surface area contributed by atoms with Gasteiger partial charge in [0.25, 0.3) is 0 Å². The second-order valence-corrected chi connectivity index (χ2v) is 6.09. The van der Waals surface area contributed by atoms with Gasteiger partial charge in [-0.15, -0.1) is 10.2 Å². The predicted octanol–water partition coefficient (Wildman–Crippen LogP) is 2.74. The van der Waals surface area contributed by atoms with Crippen LogP contribution in [0.25, 0.3) is 6.08 Å². The van der Waals surface area contributed by atoms with Crippen molar-refractivity contribution in [3.05, 3.63) is 64.9 Å². The monoisotopic (exact) mass is 325 g/mol. The molecule has 0 radical (unpaired) electrons. The Morgan fingerprint density at radius 1 is 1.30 bits per heavy atom. The molecule has 6 nitrogen and oxygen atoms in total. The van der Waals surface area contributed by atoms with E-state index in [1.54, 1.807) is 12.3 Å². The van der Waals surface area contributed by atoms with Gasteiger partial charge < -0.3 is 0 Å². The molecule has 23 heavy (non-hydrogen) atoms. The molecular weight excluding hydrogens is 310 g/mol. The van der Waals surface area contributed by atoms with Crippen LogP contribution in [0.15, 0.2) is 48.8 Å². The summed E-state index contributed by atoms with van der Waals surface area (Å²) in [5.41, 5.74) is 2.04. The van der Waals surface area contributed by atoms with E-state index in [-0.39, 0.29) is 5.91 Å². The molecule has 116 valence electrons. The molecule has 0 aliphatic heterocycles. The summed E-state index contributed by atoms with van der Waals surface area (Å²) in [6, 6.07) is 10.1. The van der Waals surface area contributed by atoms with Gasteiger partial charge in [0.05, 0.1) is 12.7 Å². The average molecular weight is 325 g/mol. The van der Waals surface area contributed by atoms with E-state index in [9.17, 15) is 4.79 Å². The summed E-state index contributed by atoms with van der Waals surface area (Å²) in [6.07, 6.45) is 6.80. The first-order valence-corrected chi connectivity index (χ1v) is 7.86. The van der Waals surface area contributed by atoms with E-state index in [1.165, 1.54) is 23.0 Å². The van der Waals surface area contributed by atoms with Crippen molar-refractivity contribution in [2.75, 3.05) is 5.32 Å². The number of hydrogen-bond donors (Lipinski definition) is 1. The van der Waals surface area contributed by atoms with Gasteiger partial charge in [0, 0.05) is 17.8 Å². The summed E-state index contributed by atoms with van der Waals surface area (Å²) in [7, 11) is 0. The van der Waals surface area contributed by atoms with Gasteiger partial charge in [0.1, 0.15) is 5.01 Å². The molecule has 0 saturated heterocycles. The third kappa shape index (κ3) is 4.33. The van der Waals surface area contributed by atoms with Gasteiger partial charge in [-0.05, 0) is 18.6 Å². The zero-order chi connectivity index (χ0) is 16.1. The van der Waals surface area contributed by atoms with Crippen molar-refractivity contribution in [2.45, 2.75) is 13.5 Å². The Morgan fingerprint density at radius 3 is 2.87 bits per heavy atom. The molecule has 1 N–H and O–H groups in total. The molecule has 1 aromatic carbocycles. The van der Waals surface area contributed by atoms with Gasteiger partial charge >= 0.3 is 0 Å². The van der Waals surface area contributed by atoms with Crippen molar-refractivity contribution in [3.8, 4) is 0 Å². The van der Waals surface area contributed by atoms with Crippen molar-refractivity contribution in [3.63, 3.8) is 0 Å². The molecule has 2 aromatic heterocycles. The smallest absolute Gasteiger partial charge is 0.250 e. The first kappa shape index (κ1) is 15.1. The zero-order valence-electron chi connectivity index (χ0n) is 12.5. The van der Waals surface area contributed by atoms with Crippen LogP contribution in [-0.2, 0) is 11.3 Å². The zero-order valence-corrected chi connectivity index (χ0v) is 13.3. The third-order valence-electron chi connectivity index (χ3n) is 3.02. The maximum Gasteiger partial charge on any atom is 0.250 e. The molecule has 2 heterocycles. The van der Waals surface area contributed by atoms with Gasteiger partial charge in [-0.1, -0.05) is 41.7 Å². The van der Waals surface area contributed by atoms with Gasteiger partial charge in [0.15, 0.2) is 0 Å². The molecule has 0 spiro atoms. The molecule has 0 fully saturated rings. The highest BCUT2D eigenvalue weighted by Crippen LogP contribution is 2.13. The second-order valence-electron chi connectivity index (χ2n) is 4.91. The van der Waals surface area contributed by atoms with Crippen molar-refractivity contribution in [1.29, 1.82) is 0 Å². The molecule has 3 aromatic rings. The molecule has 1 amide bonds. The number of aromatic nitrogens is 4. The number of anilines is 1. The lowest BCUT2D eigenvalue weighted by Gasteiger charge is -2.00. The maximum absolute atomic E-state index is 11.8. The van der Waals surface area contributed by atoms with E-state index in [1.807, 2.05) is 36.0 Å². The second kappa shape index (κ2) is 6.97. The Kier molecular flexibility index (Phi) is 4.58. The normalized spacial score (nSPS) is 11.0. The van der Waals surface area contributed by atoms with Crippen LogP contribution in [0, 0.1) is 6.92 Å². The molecule has 0 aliphatic carbocycles. The summed E-state index contributed by atoms with van der Waals surface area (Å²) < 4.78 is 1.83. The number of rotatable bonds is 5. The third-order valence-corrected chi connectivity index (χ3v) is 3.78. The Hall–Kier alpha value is -2.80. The lowest BCUT2D eigenvalue weighted by molar-refractivity contribution is -0.111. The lowest BCUT2D eigenvalue weighted by Crippen LogP contribution is -2.07. The summed E-state index contributed by atoms with van der Waals surface area (Å²) >= 11 is 1.34. The van der Waals surface area contributed by atoms with Crippen LogP contribution in [-0.4, -0.2) is 25.9 Å². The summed E-state index contributed by atoms with van der Waals surface area (Å²) in [5, 5.41) is 16.0. The highest BCUT2D eigenvalue weighted by atomic mass is 32.1. The molecule has 0 unspecified atom stereocenters. The molecule has 0 saturated carbocycles. The van der Waals surface area contributed by atoms with E-state index in [0.717, 1.165) is 10.6 Å². The minimum absolute atomic E-state index is 0.239. The van der Waals surface area contributed by atoms with Crippen LogP contribution in [0.1, 0.15) is 16.1 Å². The summed E-state index contributed by atoms with van der Waals surface area (Å²) in [5.74, 6) is -0.239. The standard InChI is InChI=1S/C16H15N5OS/c1-12-19-20-16(23-12)18-15(22)8-7-14-9-17-21(11-14)10-13-5-3-2-4-6-13/h2-9,11H,10H2,1H3,(H,18,20,22). The molecule has 3 rings (SSSR count). The fourth-order valence-corrected chi connectivity index (χ4v) is 2.58. The van der Waals surface area contributed by atoms with Crippen LogP contribution < -0.4 is 5.32 Å². The van der Waals surface area contributed by atoms with Crippen LogP contribution >= 0.6 is 11.3 Å². The Bertz CT molecular complexity index is 822. The van der Waals surface area contributed by atoms with E-state index in [2.05, 4.69) is 32.7 Å². The largest absolute Gasteiger partial charge is 0.297 e. The first-order valence-electron chi connectivity index (χ1n) is 7.04. The minimum atomic E-state index is -0.239. The lowest BCUT2D eigenvalue weighted by atomic mass is 10.2. The molecule has 7 heteroatoms. The predicted molar refractivity (Wildman–Crippen MR) is 90.1 cm³/mol. The van der Waals surface area contributed by atoms with E-state index < -0.39 is 0 Å². The fourth-order valence-electron chi connectivity index (χ4n) is 1.99. The highest BCUT2D eigenvalue weighted by Gasteiger charge is 2.03. The van der Waals surface area contributed by atoms with Crippen molar-refractivity contribution < 1.29 is 4.79 Å². The molecule has 0 aliphatic rings. The van der Waals surface area contributed by atoms with E-state index in [0.29, 0.717) is 11.7 Å². The molecule has 0 atom stereocenters. The number of benzene rings is 1. The number of amides is 1. The SMILES string of the molecule is Cc1nnc(NC(=O)C=Cc2cnn(Cc3ccccc3)c2)s1. The Labute approximate surface area is 137 Å². The minimum Gasteiger partial charge on any atom is -0.297 e. The van der Waals surface area contributed by atoms with Gasteiger partial charge in [-0.3, -0.25) is 14.8 Å². The maximum atomic E-state index is 11.8.